The number of hydrogen-bond donors (Lipinski definition) is 0. The third-order valence-electron chi connectivity index (χ3n) is 6.44. The Balaban J connectivity index is 1.37. The van der Waals surface area contributed by atoms with Crippen molar-refractivity contribution in [2.45, 2.75) is 24.8 Å². The van der Waals surface area contributed by atoms with Gasteiger partial charge in [-0.2, -0.15) is 0 Å². The minimum Gasteiger partial charge on any atom is -0.494 e. The average molecular weight is 438 g/mol. The highest BCUT2D eigenvalue weighted by atomic mass is 16.5. The zero-order valence-electron chi connectivity index (χ0n) is 18.6. The summed E-state index contributed by atoms with van der Waals surface area (Å²) in [4.78, 5) is 31.6. The van der Waals surface area contributed by atoms with Gasteiger partial charge in [-0.3, -0.25) is 9.59 Å². The molecular formula is C25H31N3O4. The number of esters is 1. The second kappa shape index (κ2) is 10.0. The van der Waals surface area contributed by atoms with Crippen LogP contribution in [0.2, 0.25) is 0 Å². The van der Waals surface area contributed by atoms with Crippen LogP contribution >= 0.6 is 0 Å². The molecule has 2 aromatic rings. The van der Waals surface area contributed by atoms with E-state index < -0.39 is 5.54 Å². The number of para-hydroxylation sites is 2. The van der Waals surface area contributed by atoms with Crippen LogP contribution in [0, 0.1) is 0 Å². The van der Waals surface area contributed by atoms with E-state index in [0.717, 1.165) is 50.3 Å². The van der Waals surface area contributed by atoms with Crippen molar-refractivity contribution in [2.24, 2.45) is 0 Å². The number of carbonyl (C=O) groups is 2. The van der Waals surface area contributed by atoms with E-state index in [4.69, 9.17) is 9.47 Å². The van der Waals surface area contributed by atoms with Gasteiger partial charge in [0.25, 0.3) is 5.91 Å². The van der Waals surface area contributed by atoms with Gasteiger partial charge in [-0.15, -0.1) is 0 Å². The molecule has 2 aliphatic heterocycles. The fraction of sp³-hybridized carbons (Fsp3) is 0.440. The molecule has 2 saturated heterocycles. The van der Waals surface area contributed by atoms with E-state index in [1.165, 1.54) is 7.11 Å². The first-order valence-corrected chi connectivity index (χ1v) is 11.2. The molecule has 32 heavy (non-hydrogen) atoms. The summed E-state index contributed by atoms with van der Waals surface area (Å²) in [7, 11) is 1.35. The number of methoxy groups -OCH3 is 1. The summed E-state index contributed by atoms with van der Waals surface area (Å²) in [6.07, 6.45) is 2.41. The first-order chi connectivity index (χ1) is 15.6. The number of piperidine rings is 1. The molecule has 0 aliphatic carbocycles. The highest BCUT2D eigenvalue weighted by molar-refractivity contribution is 5.95. The molecule has 2 aromatic carbocycles. The Bertz CT molecular complexity index is 898. The molecule has 2 aliphatic rings. The van der Waals surface area contributed by atoms with Gasteiger partial charge in [0.05, 0.1) is 20.4 Å². The van der Waals surface area contributed by atoms with Crippen LogP contribution in [0.15, 0.2) is 60.7 Å². The predicted octanol–water partition coefficient (Wildman–Crippen LogP) is 2.77. The highest BCUT2D eigenvalue weighted by Gasteiger charge is 2.53. The van der Waals surface area contributed by atoms with Crippen LogP contribution in [0.1, 0.15) is 19.3 Å². The van der Waals surface area contributed by atoms with E-state index in [-0.39, 0.29) is 18.4 Å². The van der Waals surface area contributed by atoms with Crippen LogP contribution in [0.5, 0.6) is 5.75 Å². The third-order valence-corrected chi connectivity index (χ3v) is 6.44. The number of nitrogens with zero attached hydrogens (tertiary/aromatic N) is 3. The molecular weight excluding hydrogens is 406 g/mol. The summed E-state index contributed by atoms with van der Waals surface area (Å²) < 4.78 is 10.6. The van der Waals surface area contributed by atoms with Gasteiger partial charge in [-0.1, -0.05) is 36.4 Å². The third kappa shape index (κ3) is 4.72. The fourth-order valence-electron chi connectivity index (χ4n) is 4.68. The molecule has 4 rings (SSSR count). The number of amides is 1. The van der Waals surface area contributed by atoms with Crippen LogP contribution < -0.4 is 9.64 Å². The van der Waals surface area contributed by atoms with E-state index in [9.17, 15) is 9.59 Å². The van der Waals surface area contributed by atoms with E-state index in [0.29, 0.717) is 13.3 Å². The normalized spacial score (nSPS) is 18.2. The van der Waals surface area contributed by atoms with E-state index in [1.807, 2.05) is 60.7 Å². The Hall–Kier alpha value is -3.06. The van der Waals surface area contributed by atoms with E-state index >= 15 is 0 Å². The van der Waals surface area contributed by atoms with Crippen molar-refractivity contribution in [1.82, 2.24) is 9.80 Å². The van der Waals surface area contributed by atoms with Crippen LogP contribution in [-0.4, -0.2) is 73.8 Å². The molecule has 0 N–H and O–H groups in total. The lowest BCUT2D eigenvalue weighted by molar-refractivity contribution is -0.146. The lowest BCUT2D eigenvalue weighted by atomic mass is 9.85. The number of benzene rings is 2. The van der Waals surface area contributed by atoms with E-state index in [1.54, 1.807) is 4.90 Å². The number of rotatable bonds is 8. The SMILES string of the molecule is COC(=O)CN1CN(c2ccccc2)C2(CCN(CCCOc3ccccc3)CC2)C1=O. The summed E-state index contributed by atoms with van der Waals surface area (Å²) in [5, 5.41) is 0. The lowest BCUT2D eigenvalue weighted by Gasteiger charge is -2.43. The Morgan fingerprint density at radius 1 is 1.00 bits per heavy atom. The van der Waals surface area contributed by atoms with Crippen LogP contribution in [0.3, 0.4) is 0 Å². The highest BCUT2D eigenvalue weighted by Crippen LogP contribution is 2.39. The van der Waals surface area contributed by atoms with Crippen molar-refractivity contribution in [3.05, 3.63) is 60.7 Å². The molecule has 170 valence electrons. The van der Waals surface area contributed by atoms with Crippen molar-refractivity contribution < 1.29 is 19.1 Å². The molecule has 2 heterocycles. The Labute approximate surface area is 189 Å². The molecule has 0 bridgehead atoms. The van der Waals surface area contributed by atoms with Crippen molar-refractivity contribution in [1.29, 1.82) is 0 Å². The van der Waals surface area contributed by atoms with E-state index in [2.05, 4.69) is 9.80 Å². The molecule has 0 atom stereocenters. The average Bonchev–Trinajstić information content (AvgIpc) is 3.10. The molecule has 7 heteroatoms. The predicted molar refractivity (Wildman–Crippen MR) is 122 cm³/mol. The zero-order chi connectivity index (χ0) is 22.4. The molecule has 2 fully saturated rings. The van der Waals surface area contributed by atoms with Crippen molar-refractivity contribution in [3.63, 3.8) is 0 Å². The second-order valence-corrected chi connectivity index (χ2v) is 8.37. The molecule has 0 saturated carbocycles. The second-order valence-electron chi connectivity index (χ2n) is 8.37. The van der Waals surface area contributed by atoms with Crippen LogP contribution in [-0.2, 0) is 14.3 Å². The quantitative estimate of drug-likeness (QED) is 0.468. The Morgan fingerprint density at radius 2 is 1.66 bits per heavy atom. The first-order valence-electron chi connectivity index (χ1n) is 11.2. The van der Waals surface area contributed by atoms with Crippen LogP contribution in [0.25, 0.3) is 0 Å². The largest absolute Gasteiger partial charge is 0.494 e. The van der Waals surface area contributed by atoms with Gasteiger partial charge in [0, 0.05) is 25.3 Å². The minimum atomic E-state index is -0.605. The molecule has 1 amide bonds. The topological polar surface area (TPSA) is 62.3 Å². The monoisotopic (exact) mass is 437 g/mol. The smallest absolute Gasteiger partial charge is 0.325 e. The summed E-state index contributed by atoms with van der Waals surface area (Å²) in [6.45, 7) is 3.69. The fourth-order valence-corrected chi connectivity index (χ4v) is 4.68. The first kappa shape index (κ1) is 22.1. The van der Waals surface area contributed by atoms with Gasteiger partial charge >= 0.3 is 5.97 Å². The molecule has 0 unspecified atom stereocenters. The lowest BCUT2D eigenvalue weighted by Crippen LogP contribution is -2.56. The van der Waals surface area contributed by atoms with Crippen molar-refractivity contribution in [3.8, 4) is 5.75 Å². The number of carbonyl (C=O) groups excluding carboxylic acids is 2. The van der Waals surface area contributed by atoms with Crippen LogP contribution in [0.4, 0.5) is 5.69 Å². The number of hydrogen-bond acceptors (Lipinski definition) is 6. The van der Waals surface area contributed by atoms with Crippen molar-refractivity contribution >= 4 is 17.6 Å². The standard InChI is InChI=1S/C25H31N3O4/c1-31-23(29)19-27-20-28(21-9-4-2-5-10-21)25(24(27)30)13-16-26(17-14-25)15-8-18-32-22-11-6-3-7-12-22/h2-7,9-12H,8,13-20H2,1H3. The molecule has 0 radical (unpaired) electrons. The van der Waals surface area contributed by atoms with Gasteiger partial charge in [-0.25, -0.2) is 0 Å². The maximum atomic E-state index is 13.5. The molecule has 1 spiro atoms. The number of likely N-dealkylation sites (tertiary alicyclic amines) is 1. The van der Waals surface area contributed by atoms with Gasteiger partial charge in [0.15, 0.2) is 0 Å². The summed E-state index contributed by atoms with van der Waals surface area (Å²) >= 11 is 0. The Morgan fingerprint density at radius 3 is 2.31 bits per heavy atom. The van der Waals surface area contributed by atoms with Crippen molar-refractivity contribution in [2.75, 3.05) is 51.5 Å². The zero-order valence-corrected chi connectivity index (χ0v) is 18.6. The molecule has 0 aromatic heterocycles. The Kier molecular flexibility index (Phi) is 6.95. The summed E-state index contributed by atoms with van der Waals surface area (Å²) in [5.41, 5.74) is 0.407. The van der Waals surface area contributed by atoms with Gasteiger partial charge < -0.3 is 24.2 Å². The minimum absolute atomic E-state index is 0.0129. The molecule has 7 nitrogen and oxygen atoms in total. The summed E-state index contributed by atoms with van der Waals surface area (Å²) in [5.74, 6) is 0.531. The summed E-state index contributed by atoms with van der Waals surface area (Å²) in [6, 6.07) is 19.9. The number of ether oxygens (including phenoxy) is 2. The maximum Gasteiger partial charge on any atom is 0.325 e. The van der Waals surface area contributed by atoms with Gasteiger partial charge in [0.2, 0.25) is 0 Å². The maximum absolute atomic E-state index is 13.5. The van der Waals surface area contributed by atoms with Gasteiger partial charge in [0.1, 0.15) is 17.8 Å². The van der Waals surface area contributed by atoms with Gasteiger partial charge in [-0.05, 0) is 43.5 Å². The number of anilines is 1.